The molecule has 0 saturated carbocycles. The van der Waals surface area contributed by atoms with Gasteiger partial charge >= 0.3 is 0 Å². The van der Waals surface area contributed by atoms with Gasteiger partial charge in [-0.25, -0.2) is 4.98 Å². The van der Waals surface area contributed by atoms with Crippen LogP contribution in [0.4, 0.5) is 11.8 Å². The van der Waals surface area contributed by atoms with E-state index in [4.69, 9.17) is 16.2 Å². The van der Waals surface area contributed by atoms with Crippen molar-refractivity contribution < 1.29 is 4.74 Å². The van der Waals surface area contributed by atoms with Crippen LogP contribution in [0.2, 0.25) is 0 Å². The molecule has 0 spiro atoms. The van der Waals surface area contributed by atoms with Gasteiger partial charge in [-0.3, -0.25) is 0 Å². The van der Waals surface area contributed by atoms with E-state index in [1.54, 1.807) is 0 Å². The van der Waals surface area contributed by atoms with Crippen LogP contribution in [-0.2, 0) is 17.8 Å². The molecule has 0 fully saturated rings. The molecule has 1 aliphatic heterocycles. The number of fused-ring (bicyclic) bond motifs is 1. The highest BCUT2D eigenvalue weighted by atomic mass is 16.5. The number of nitrogens with two attached hydrogens (primary N) is 2. The highest BCUT2D eigenvalue weighted by Crippen LogP contribution is 2.19. The summed E-state index contributed by atoms with van der Waals surface area (Å²) in [4.78, 5) is 7.91. The summed E-state index contributed by atoms with van der Waals surface area (Å²) in [5.74, 6) is 0.706. The van der Waals surface area contributed by atoms with Gasteiger partial charge in [0.2, 0.25) is 5.95 Å². The summed E-state index contributed by atoms with van der Waals surface area (Å²) in [5, 5.41) is 0. The average molecular weight is 166 g/mol. The number of rotatable bonds is 0. The zero-order valence-electron chi connectivity index (χ0n) is 6.58. The first-order valence-corrected chi connectivity index (χ1v) is 3.76. The predicted molar refractivity (Wildman–Crippen MR) is 44.2 cm³/mol. The Hall–Kier alpha value is -1.36. The molecule has 1 aromatic rings. The molecule has 5 nitrogen and oxygen atoms in total. The first kappa shape index (κ1) is 7.30. The first-order valence-electron chi connectivity index (χ1n) is 3.76. The average Bonchev–Trinajstić information content (AvgIpc) is 2.04. The molecule has 0 saturated heterocycles. The summed E-state index contributed by atoms with van der Waals surface area (Å²) in [6.07, 6.45) is 0.779. The van der Waals surface area contributed by atoms with Gasteiger partial charge in [0.15, 0.2) is 0 Å². The lowest BCUT2D eigenvalue weighted by Gasteiger charge is -2.16. The quantitative estimate of drug-likeness (QED) is 0.553. The lowest BCUT2D eigenvalue weighted by Crippen LogP contribution is -2.16. The minimum Gasteiger partial charge on any atom is -0.383 e. The largest absolute Gasteiger partial charge is 0.383 e. The zero-order chi connectivity index (χ0) is 8.55. The smallest absolute Gasteiger partial charge is 0.222 e. The van der Waals surface area contributed by atoms with Crippen molar-refractivity contribution >= 4 is 11.8 Å². The van der Waals surface area contributed by atoms with Gasteiger partial charge in [0, 0.05) is 12.0 Å². The second kappa shape index (κ2) is 2.60. The Labute approximate surface area is 69.8 Å². The maximum Gasteiger partial charge on any atom is 0.222 e. The van der Waals surface area contributed by atoms with Crippen molar-refractivity contribution in [3.8, 4) is 0 Å². The first-order chi connectivity index (χ1) is 5.77. The molecule has 5 heteroatoms. The van der Waals surface area contributed by atoms with Crippen LogP contribution in [0.3, 0.4) is 0 Å². The highest BCUT2D eigenvalue weighted by molar-refractivity contribution is 5.46. The Morgan fingerprint density at radius 3 is 2.92 bits per heavy atom. The van der Waals surface area contributed by atoms with Crippen LogP contribution < -0.4 is 11.5 Å². The third-order valence-corrected chi connectivity index (χ3v) is 1.88. The molecule has 0 aromatic carbocycles. The van der Waals surface area contributed by atoms with Crippen molar-refractivity contribution in [1.29, 1.82) is 0 Å². The van der Waals surface area contributed by atoms with Gasteiger partial charge < -0.3 is 16.2 Å². The molecule has 64 valence electrons. The van der Waals surface area contributed by atoms with E-state index in [0.717, 1.165) is 17.7 Å². The van der Waals surface area contributed by atoms with E-state index in [0.29, 0.717) is 19.0 Å². The van der Waals surface area contributed by atoms with E-state index >= 15 is 0 Å². The van der Waals surface area contributed by atoms with E-state index in [2.05, 4.69) is 9.97 Å². The Bertz CT molecular complexity index is 313. The van der Waals surface area contributed by atoms with Crippen molar-refractivity contribution in [2.45, 2.75) is 13.0 Å². The lowest BCUT2D eigenvalue weighted by molar-refractivity contribution is 0.107. The minimum atomic E-state index is 0.219. The maximum absolute atomic E-state index is 5.66. The summed E-state index contributed by atoms with van der Waals surface area (Å²) in [7, 11) is 0. The Morgan fingerprint density at radius 1 is 1.25 bits per heavy atom. The van der Waals surface area contributed by atoms with E-state index in [-0.39, 0.29) is 5.95 Å². The van der Waals surface area contributed by atoms with Crippen molar-refractivity contribution in [2.24, 2.45) is 0 Å². The number of nitrogens with zero attached hydrogens (tertiary/aromatic N) is 2. The number of nitrogen functional groups attached to an aromatic ring is 2. The van der Waals surface area contributed by atoms with Gasteiger partial charge in [-0.15, -0.1) is 0 Å². The summed E-state index contributed by atoms with van der Waals surface area (Å²) in [6, 6.07) is 0. The molecule has 1 aromatic heterocycles. The van der Waals surface area contributed by atoms with Gasteiger partial charge in [-0.1, -0.05) is 0 Å². The van der Waals surface area contributed by atoms with Gasteiger partial charge in [0.1, 0.15) is 5.82 Å². The number of aromatic nitrogens is 2. The van der Waals surface area contributed by atoms with Gasteiger partial charge in [0.05, 0.1) is 18.9 Å². The topological polar surface area (TPSA) is 87.0 Å². The molecule has 12 heavy (non-hydrogen) atoms. The molecule has 0 amide bonds. The van der Waals surface area contributed by atoms with Crippen molar-refractivity contribution in [3.05, 3.63) is 11.3 Å². The van der Waals surface area contributed by atoms with Crippen LogP contribution in [0.15, 0.2) is 0 Å². The standard InChI is InChI=1S/C7H10N4O/c8-6-4-1-2-12-3-5(4)10-7(9)11-6/h1-3H2,(H4,8,9,10,11). The molecule has 0 bridgehead atoms. The van der Waals surface area contributed by atoms with Crippen LogP contribution in [0.25, 0.3) is 0 Å². The van der Waals surface area contributed by atoms with Gasteiger partial charge in [0.25, 0.3) is 0 Å². The molecule has 0 aliphatic carbocycles. The highest BCUT2D eigenvalue weighted by Gasteiger charge is 2.15. The fourth-order valence-corrected chi connectivity index (χ4v) is 1.30. The third-order valence-electron chi connectivity index (χ3n) is 1.88. The number of anilines is 2. The van der Waals surface area contributed by atoms with Gasteiger partial charge in [-0.2, -0.15) is 4.98 Å². The third kappa shape index (κ3) is 1.08. The summed E-state index contributed by atoms with van der Waals surface area (Å²) >= 11 is 0. The second-order valence-electron chi connectivity index (χ2n) is 2.69. The number of hydrogen-bond donors (Lipinski definition) is 2. The SMILES string of the molecule is Nc1nc(N)c2c(n1)COCC2. The number of ether oxygens (including phenoxy) is 1. The van der Waals surface area contributed by atoms with Crippen LogP contribution in [0.1, 0.15) is 11.3 Å². The van der Waals surface area contributed by atoms with Gasteiger partial charge in [-0.05, 0) is 0 Å². The van der Waals surface area contributed by atoms with Crippen LogP contribution >= 0.6 is 0 Å². The Morgan fingerprint density at radius 2 is 2.08 bits per heavy atom. The Balaban J connectivity index is 2.53. The molecule has 2 heterocycles. The van der Waals surface area contributed by atoms with Crippen molar-refractivity contribution in [2.75, 3.05) is 18.1 Å². The monoisotopic (exact) mass is 166 g/mol. The minimum absolute atomic E-state index is 0.219. The summed E-state index contributed by atoms with van der Waals surface area (Å²) in [5.41, 5.74) is 12.9. The van der Waals surface area contributed by atoms with Crippen LogP contribution in [0.5, 0.6) is 0 Å². The zero-order valence-corrected chi connectivity index (χ0v) is 6.58. The molecular formula is C7H10N4O. The lowest BCUT2D eigenvalue weighted by atomic mass is 10.1. The van der Waals surface area contributed by atoms with Crippen LogP contribution in [0, 0.1) is 0 Å². The van der Waals surface area contributed by atoms with E-state index in [1.165, 1.54) is 0 Å². The van der Waals surface area contributed by atoms with Crippen molar-refractivity contribution in [1.82, 2.24) is 9.97 Å². The Kier molecular flexibility index (Phi) is 1.58. The molecule has 4 N–H and O–H groups in total. The van der Waals surface area contributed by atoms with Crippen molar-refractivity contribution in [3.63, 3.8) is 0 Å². The maximum atomic E-state index is 5.66. The molecular weight excluding hydrogens is 156 g/mol. The van der Waals surface area contributed by atoms with E-state index in [9.17, 15) is 0 Å². The number of hydrogen-bond acceptors (Lipinski definition) is 5. The fraction of sp³-hybridized carbons (Fsp3) is 0.429. The molecule has 1 aliphatic rings. The second-order valence-corrected chi connectivity index (χ2v) is 2.69. The fourth-order valence-electron chi connectivity index (χ4n) is 1.30. The predicted octanol–water partition coefficient (Wildman–Crippen LogP) is -0.286. The van der Waals surface area contributed by atoms with Crippen LogP contribution in [-0.4, -0.2) is 16.6 Å². The molecule has 0 atom stereocenters. The molecule has 2 rings (SSSR count). The van der Waals surface area contributed by atoms with E-state index in [1.807, 2.05) is 0 Å². The molecule has 0 radical (unpaired) electrons. The molecule has 0 unspecified atom stereocenters. The summed E-state index contributed by atoms with van der Waals surface area (Å²) < 4.78 is 5.20. The van der Waals surface area contributed by atoms with E-state index < -0.39 is 0 Å². The normalized spacial score (nSPS) is 15.7. The summed E-state index contributed by atoms with van der Waals surface area (Å²) in [6.45, 7) is 1.18.